The number of likely N-dealkylation sites (tertiary alicyclic amines) is 1. The maximum atomic E-state index is 13.3. The van der Waals surface area contributed by atoms with Crippen LogP contribution >= 0.6 is 23.2 Å². The van der Waals surface area contributed by atoms with Crippen LogP contribution in [0.2, 0.25) is 10.3 Å². The number of hydrogen-bond donors (Lipinski definition) is 1. The fourth-order valence-corrected chi connectivity index (χ4v) is 5.15. The summed E-state index contributed by atoms with van der Waals surface area (Å²) in [6.07, 6.45) is 3.64. The van der Waals surface area contributed by atoms with Crippen molar-refractivity contribution in [2.75, 3.05) is 7.05 Å². The van der Waals surface area contributed by atoms with Gasteiger partial charge in [0.15, 0.2) is 0 Å². The lowest BCUT2D eigenvalue weighted by atomic mass is 10.0. The van der Waals surface area contributed by atoms with E-state index in [1.54, 1.807) is 53.4 Å². The number of carbonyl (C=O) groups excluding carboxylic acids is 2. The Morgan fingerprint density at radius 3 is 2.20 bits per heavy atom. The average Bonchev–Trinajstić information content (AvgIpc) is 3.32. The summed E-state index contributed by atoms with van der Waals surface area (Å²) >= 11 is 11.8. The fourth-order valence-electron chi connectivity index (χ4n) is 4.93. The van der Waals surface area contributed by atoms with Crippen LogP contribution in [0.15, 0.2) is 60.9 Å². The smallest absolute Gasteiger partial charge is 0.410 e. The summed E-state index contributed by atoms with van der Waals surface area (Å²) in [4.78, 5) is 37.8. The van der Waals surface area contributed by atoms with Gasteiger partial charge in [-0.05, 0) is 75.4 Å². The number of carbonyl (C=O) groups is 2. The molecule has 0 unspecified atom stereocenters. The molecule has 212 valence electrons. The summed E-state index contributed by atoms with van der Waals surface area (Å²) in [6.45, 7) is 5.87. The summed E-state index contributed by atoms with van der Waals surface area (Å²) < 4.78 is 5.73. The quantitative estimate of drug-likeness (QED) is 0.337. The van der Waals surface area contributed by atoms with Crippen LogP contribution in [-0.2, 0) is 17.7 Å². The SMILES string of the molecule is CN(Cc1ccc(Cl)nc1)C(=O)c1ccc(C[C@@H]2CC[C@H]([C@H](O)c3ccc(Cl)nc3)N2C(=O)OC(C)(C)C)cc1. The van der Waals surface area contributed by atoms with Crippen molar-refractivity contribution < 1.29 is 19.4 Å². The van der Waals surface area contributed by atoms with Gasteiger partial charge in [0.25, 0.3) is 5.91 Å². The van der Waals surface area contributed by atoms with Crippen molar-refractivity contribution >= 4 is 35.2 Å². The van der Waals surface area contributed by atoms with E-state index in [0.29, 0.717) is 47.2 Å². The first-order valence-corrected chi connectivity index (χ1v) is 13.9. The van der Waals surface area contributed by atoms with Crippen molar-refractivity contribution in [3.8, 4) is 0 Å². The molecule has 1 aromatic carbocycles. The molecular formula is C30H34Cl2N4O4. The van der Waals surface area contributed by atoms with Crippen LogP contribution < -0.4 is 0 Å². The Hall–Kier alpha value is -3.20. The van der Waals surface area contributed by atoms with Crippen LogP contribution in [0.4, 0.5) is 4.79 Å². The van der Waals surface area contributed by atoms with E-state index in [4.69, 9.17) is 27.9 Å². The predicted molar refractivity (Wildman–Crippen MR) is 154 cm³/mol. The minimum Gasteiger partial charge on any atom is -0.444 e. The zero-order valence-electron chi connectivity index (χ0n) is 23.1. The fraction of sp³-hybridized carbons (Fsp3) is 0.400. The van der Waals surface area contributed by atoms with Gasteiger partial charge in [-0.15, -0.1) is 0 Å². The van der Waals surface area contributed by atoms with E-state index in [9.17, 15) is 14.7 Å². The third-order valence-corrected chi connectivity index (χ3v) is 7.28. The Morgan fingerprint density at radius 2 is 1.62 bits per heavy atom. The molecule has 0 aliphatic carbocycles. The van der Waals surface area contributed by atoms with Crippen LogP contribution in [0.5, 0.6) is 0 Å². The van der Waals surface area contributed by atoms with E-state index in [-0.39, 0.29) is 11.9 Å². The van der Waals surface area contributed by atoms with Crippen LogP contribution in [-0.4, -0.2) is 61.6 Å². The number of benzene rings is 1. The molecule has 0 radical (unpaired) electrons. The molecule has 1 N–H and O–H groups in total. The zero-order valence-corrected chi connectivity index (χ0v) is 24.6. The van der Waals surface area contributed by atoms with Gasteiger partial charge in [-0.2, -0.15) is 0 Å². The van der Waals surface area contributed by atoms with Gasteiger partial charge in [0.05, 0.1) is 6.04 Å². The standard InChI is InChI=1S/C30H34Cl2N4O4/c1-30(2,3)40-29(39)36-23(11-12-24(36)27(37)22-10-14-26(32)34-17-22)15-19-5-8-21(9-6-19)28(38)35(4)18-20-7-13-25(31)33-16-20/h5-10,13-14,16-17,23-24,27,37H,11-12,15,18H2,1-4H3/t23-,24+,27+/m0/s1. The Labute approximate surface area is 244 Å². The molecule has 8 nitrogen and oxygen atoms in total. The number of aromatic nitrogens is 2. The van der Waals surface area contributed by atoms with Gasteiger partial charge in [0.2, 0.25) is 0 Å². The second kappa shape index (κ2) is 12.5. The molecule has 40 heavy (non-hydrogen) atoms. The molecule has 2 aromatic heterocycles. The molecule has 4 rings (SSSR count). The molecule has 0 spiro atoms. The number of hydrogen-bond acceptors (Lipinski definition) is 6. The number of aliphatic hydroxyl groups excluding tert-OH is 1. The van der Waals surface area contributed by atoms with Gasteiger partial charge in [-0.3, -0.25) is 9.69 Å². The van der Waals surface area contributed by atoms with Crippen molar-refractivity contribution in [1.82, 2.24) is 19.8 Å². The van der Waals surface area contributed by atoms with Crippen molar-refractivity contribution in [3.63, 3.8) is 0 Å². The molecule has 1 aliphatic heterocycles. The average molecular weight is 586 g/mol. The van der Waals surface area contributed by atoms with E-state index in [1.807, 2.05) is 39.0 Å². The first-order valence-electron chi connectivity index (χ1n) is 13.2. The van der Waals surface area contributed by atoms with Gasteiger partial charge in [0.1, 0.15) is 22.0 Å². The summed E-state index contributed by atoms with van der Waals surface area (Å²) in [7, 11) is 1.74. The third-order valence-electron chi connectivity index (χ3n) is 6.83. The Morgan fingerprint density at radius 1 is 1.00 bits per heavy atom. The van der Waals surface area contributed by atoms with E-state index in [0.717, 1.165) is 11.1 Å². The third kappa shape index (κ3) is 7.50. The molecule has 2 amide bonds. The zero-order chi connectivity index (χ0) is 29.0. The minimum atomic E-state index is -0.936. The Bertz CT molecular complexity index is 1310. The first kappa shape index (κ1) is 29.8. The number of aliphatic hydroxyl groups is 1. The summed E-state index contributed by atoms with van der Waals surface area (Å²) in [6, 6.07) is 13.6. The number of nitrogens with zero attached hydrogens (tertiary/aromatic N) is 4. The molecule has 3 atom stereocenters. The number of rotatable bonds is 7. The summed E-state index contributed by atoms with van der Waals surface area (Å²) in [5.41, 5.74) is 2.32. The van der Waals surface area contributed by atoms with E-state index < -0.39 is 23.8 Å². The topological polar surface area (TPSA) is 95.9 Å². The van der Waals surface area contributed by atoms with Crippen molar-refractivity contribution in [2.45, 2.75) is 70.4 Å². The maximum absolute atomic E-state index is 13.3. The van der Waals surface area contributed by atoms with Crippen molar-refractivity contribution in [1.29, 1.82) is 0 Å². The second-order valence-electron chi connectivity index (χ2n) is 11.1. The lowest BCUT2D eigenvalue weighted by Crippen LogP contribution is -2.47. The van der Waals surface area contributed by atoms with E-state index in [1.165, 1.54) is 6.20 Å². The molecule has 1 saturated heterocycles. The van der Waals surface area contributed by atoms with Crippen molar-refractivity contribution in [3.05, 3.63) is 93.5 Å². The molecule has 0 saturated carbocycles. The molecule has 1 aliphatic rings. The lowest BCUT2D eigenvalue weighted by molar-refractivity contribution is -0.00458. The van der Waals surface area contributed by atoms with Crippen LogP contribution in [0.25, 0.3) is 0 Å². The van der Waals surface area contributed by atoms with E-state index in [2.05, 4.69) is 9.97 Å². The van der Waals surface area contributed by atoms with Crippen LogP contribution in [0, 0.1) is 0 Å². The Balaban J connectivity index is 1.47. The predicted octanol–water partition coefficient (Wildman–Crippen LogP) is 6.10. The van der Waals surface area contributed by atoms with Gasteiger partial charge in [-0.25, -0.2) is 14.8 Å². The van der Waals surface area contributed by atoms with Crippen LogP contribution in [0.3, 0.4) is 0 Å². The number of halogens is 2. The summed E-state index contributed by atoms with van der Waals surface area (Å²) in [5.74, 6) is -0.113. The van der Waals surface area contributed by atoms with Gasteiger partial charge >= 0.3 is 6.09 Å². The van der Waals surface area contributed by atoms with Crippen molar-refractivity contribution in [2.24, 2.45) is 0 Å². The summed E-state index contributed by atoms with van der Waals surface area (Å²) in [5, 5.41) is 11.9. The highest BCUT2D eigenvalue weighted by molar-refractivity contribution is 6.29. The highest BCUT2D eigenvalue weighted by Crippen LogP contribution is 2.36. The highest BCUT2D eigenvalue weighted by Gasteiger charge is 2.43. The maximum Gasteiger partial charge on any atom is 0.410 e. The van der Waals surface area contributed by atoms with Crippen LogP contribution in [0.1, 0.15) is 66.8 Å². The highest BCUT2D eigenvalue weighted by atomic mass is 35.5. The largest absolute Gasteiger partial charge is 0.444 e. The Kier molecular flexibility index (Phi) is 9.33. The lowest BCUT2D eigenvalue weighted by Gasteiger charge is -2.34. The molecule has 3 heterocycles. The second-order valence-corrected chi connectivity index (χ2v) is 11.9. The number of amides is 2. The van der Waals surface area contributed by atoms with Gasteiger partial charge in [-0.1, -0.05) is 47.5 Å². The molecule has 10 heteroatoms. The molecule has 3 aromatic rings. The minimum absolute atomic E-state index is 0.113. The van der Waals surface area contributed by atoms with Gasteiger partial charge < -0.3 is 14.7 Å². The number of ether oxygens (including phenoxy) is 1. The molecular weight excluding hydrogens is 551 g/mol. The van der Waals surface area contributed by atoms with E-state index >= 15 is 0 Å². The number of pyridine rings is 2. The monoisotopic (exact) mass is 584 g/mol. The normalized spacial score (nSPS) is 17.9. The molecule has 0 bridgehead atoms. The van der Waals surface area contributed by atoms with Gasteiger partial charge in [0, 0.05) is 43.2 Å². The first-order chi connectivity index (χ1) is 18.9. The molecule has 1 fully saturated rings.